The summed E-state index contributed by atoms with van der Waals surface area (Å²) >= 11 is 3.31. The Labute approximate surface area is 161 Å². The Morgan fingerprint density at radius 3 is 2.31 bits per heavy atom. The quantitative estimate of drug-likeness (QED) is 0.695. The number of ether oxygens (including phenoxy) is 2. The van der Waals surface area contributed by atoms with Crippen LogP contribution in [0, 0.1) is 0 Å². The summed E-state index contributed by atoms with van der Waals surface area (Å²) < 4.78 is 38.5. The zero-order valence-corrected chi connectivity index (χ0v) is 17.0. The molecule has 0 aliphatic carbocycles. The van der Waals surface area contributed by atoms with E-state index in [4.69, 9.17) is 9.47 Å². The van der Waals surface area contributed by atoms with E-state index >= 15 is 0 Å². The minimum Gasteiger partial charge on any atom is -0.495 e. The molecule has 0 radical (unpaired) electrons. The van der Waals surface area contributed by atoms with Crippen molar-refractivity contribution in [3.05, 3.63) is 22.7 Å². The smallest absolute Gasteiger partial charge is 0.320 e. The highest BCUT2D eigenvalue weighted by Gasteiger charge is 2.33. The number of morpholine rings is 1. The molecule has 1 aromatic carbocycles. The first kappa shape index (κ1) is 19.4. The summed E-state index contributed by atoms with van der Waals surface area (Å²) in [5.74, 6) is 0.306. The first-order valence-electron chi connectivity index (χ1n) is 8.39. The van der Waals surface area contributed by atoms with E-state index in [0.717, 1.165) is 0 Å². The molecule has 8 nitrogen and oxygen atoms in total. The lowest BCUT2D eigenvalue weighted by molar-refractivity contribution is 0.0405. The van der Waals surface area contributed by atoms with Gasteiger partial charge in [-0.3, -0.25) is 0 Å². The van der Waals surface area contributed by atoms with Crippen LogP contribution in [0.15, 0.2) is 27.6 Å². The summed E-state index contributed by atoms with van der Waals surface area (Å²) in [6.45, 7) is 3.49. The number of urea groups is 1. The van der Waals surface area contributed by atoms with Gasteiger partial charge < -0.3 is 19.3 Å². The van der Waals surface area contributed by atoms with Crippen LogP contribution < -0.4 is 4.74 Å². The van der Waals surface area contributed by atoms with E-state index in [2.05, 4.69) is 15.9 Å². The van der Waals surface area contributed by atoms with Gasteiger partial charge in [0.15, 0.2) is 0 Å². The van der Waals surface area contributed by atoms with Crippen molar-refractivity contribution >= 4 is 32.0 Å². The van der Waals surface area contributed by atoms with Crippen molar-refractivity contribution in [2.75, 3.05) is 59.6 Å². The van der Waals surface area contributed by atoms with Crippen molar-refractivity contribution in [2.24, 2.45) is 0 Å². The molecule has 0 N–H and O–H groups in total. The molecule has 2 saturated heterocycles. The third kappa shape index (κ3) is 3.98. The van der Waals surface area contributed by atoms with Gasteiger partial charge in [0.05, 0.1) is 20.3 Å². The van der Waals surface area contributed by atoms with Crippen LogP contribution in [0.25, 0.3) is 0 Å². The number of hydrogen-bond acceptors (Lipinski definition) is 5. The van der Waals surface area contributed by atoms with Crippen molar-refractivity contribution in [2.45, 2.75) is 4.90 Å². The maximum atomic E-state index is 13.0. The van der Waals surface area contributed by atoms with Crippen molar-refractivity contribution in [1.29, 1.82) is 0 Å². The Kier molecular flexibility index (Phi) is 6.06. The summed E-state index contributed by atoms with van der Waals surface area (Å²) in [5.41, 5.74) is 0. The third-order valence-corrected chi connectivity index (χ3v) is 6.95. The molecule has 0 saturated carbocycles. The average Bonchev–Trinajstić information content (AvgIpc) is 2.68. The Bertz CT molecular complexity index is 759. The van der Waals surface area contributed by atoms with Gasteiger partial charge in [-0.25, -0.2) is 13.2 Å². The Balaban J connectivity index is 1.69. The van der Waals surface area contributed by atoms with E-state index in [0.29, 0.717) is 49.6 Å². The summed E-state index contributed by atoms with van der Waals surface area (Å²) in [6, 6.07) is 4.84. The molecule has 2 fully saturated rings. The average molecular weight is 448 g/mol. The largest absolute Gasteiger partial charge is 0.495 e. The van der Waals surface area contributed by atoms with Crippen LogP contribution in [0.5, 0.6) is 5.75 Å². The number of methoxy groups -OCH3 is 1. The van der Waals surface area contributed by atoms with Crippen LogP contribution in [0.3, 0.4) is 0 Å². The van der Waals surface area contributed by atoms with E-state index < -0.39 is 10.0 Å². The zero-order valence-electron chi connectivity index (χ0n) is 14.6. The molecule has 1 aromatic rings. The molecular weight excluding hydrogens is 426 g/mol. The maximum absolute atomic E-state index is 13.0. The van der Waals surface area contributed by atoms with Gasteiger partial charge in [0, 0.05) is 43.7 Å². The second-order valence-corrected chi connectivity index (χ2v) is 8.89. The number of nitrogens with zero attached hydrogens (tertiary/aromatic N) is 3. The van der Waals surface area contributed by atoms with Gasteiger partial charge in [-0.05, 0) is 18.2 Å². The normalized spacial score (nSPS) is 19.5. The number of amides is 2. The lowest BCUT2D eigenvalue weighted by Crippen LogP contribution is -2.55. The summed E-state index contributed by atoms with van der Waals surface area (Å²) in [5, 5.41) is 0. The Morgan fingerprint density at radius 1 is 1.08 bits per heavy atom. The number of benzene rings is 1. The van der Waals surface area contributed by atoms with Gasteiger partial charge in [0.25, 0.3) is 0 Å². The Morgan fingerprint density at radius 2 is 1.69 bits per heavy atom. The first-order valence-corrected chi connectivity index (χ1v) is 10.6. The topological polar surface area (TPSA) is 79.4 Å². The fraction of sp³-hybridized carbons (Fsp3) is 0.562. The number of hydrogen-bond donors (Lipinski definition) is 0. The molecule has 0 aromatic heterocycles. The van der Waals surface area contributed by atoms with Crippen LogP contribution in [-0.2, 0) is 14.8 Å². The van der Waals surface area contributed by atoms with Crippen molar-refractivity contribution in [3.63, 3.8) is 0 Å². The number of piperazine rings is 1. The summed E-state index contributed by atoms with van der Waals surface area (Å²) in [6.07, 6.45) is 0. The zero-order chi connectivity index (χ0) is 18.7. The van der Waals surface area contributed by atoms with E-state index in [1.807, 2.05) is 0 Å². The minimum atomic E-state index is -3.69. The van der Waals surface area contributed by atoms with Crippen LogP contribution >= 0.6 is 15.9 Å². The molecule has 0 atom stereocenters. The molecule has 0 bridgehead atoms. The van der Waals surface area contributed by atoms with Crippen molar-refractivity contribution in [3.8, 4) is 5.75 Å². The van der Waals surface area contributed by atoms with E-state index in [1.165, 1.54) is 11.4 Å². The summed E-state index contributed by atoms with van der Waals surface area (Å²) in [7, 11) is -2.25. The van der Waals surface area contributed by atoms with Crippen molar-refractivity contribution < 1.29 is 22.7 Å². The van der Waals surface area contributed by atoms with Gasteiger partial charge in [0.1, 0.15) is 10.6 Å². The predicted octanol–water partition coefficient (Wildman–Crippen LogP) is 1.22. The molecular formula is C16H22BrN3O5S. The van der Waals surface area contributed by atoms with Gasteiger partial charge in [-0.15, -0.1) is 0 Å². The fourth-order valence-corrected chi connectivity index (χ4v) is 5.18. The van der Waals surface area contributed by atoms with Gasteiger partial charge in [-0.2, -0.15) is 4.31 Å². The second kappa shape index (κ2) is 8.12. The molecule has 10 heteroatoms. The van der Waals surface area contributed by atoms with E-state index in [1.54, 1.807) is 28.0 Å². The van der Waals surface area contributed by atoms with Gasteiger partial charge in [0.2, 0.25) is 10.0 Å². The lowest BCUT2D eigenvalue weighted by Gasteiger charge is -2.38. The SMILES string of the molecule is COc1ccc(Br)cc1S(=O)(=O)N1CCN(C(=O)N2CCOCC2)CC1. The number of carbonyl (C=O) groups is 1. The second-order valence-electron chi connectivity index (χ2n) is 6.07. The predicted molar refractivity (Wildman–Crippen MR) is 98.8 cm³/mol. The number of halogens is 1. The molecule has 0 unspecified atom stereocenters. The standard InChI is InChI=1S/C16H22BrN3O5S/c1-24-14-3-2-13(17)12-15(14)26(22,23)20-6-4-18(5-7-20)16(21)19-8-10-25-11-9-19/h2-3,12H,4-11H2,1H3. The van der Waals surface area contributed by atoms with Crippen LogP contribution in [0.4, 0.5) is 4.79 Å². The van der Waals surface area contributed by atoms with E-state index in [-0.39, 0.29) is 24.0 Å². The van der Waals surface area contributed by atoms with Crippen LogP contribution in [-0.4, -0.2) is 88.1 Å². The summed E-state index contributed by atoms with van der Waals surface area (Å²) in [4.78, 5) is 16.1. The maximum Gasteiger partial charge on any atom is 0.320 e. The Hall–Kier alpha value is -1.36. The number of rotatable bonds is 3. The lowest BCUT2D eigenvalue weighted by atomic mass is 10.3. The van der Waals surface area contributed by atoms with Crippen LogP contribution in [0.1, 0.15) is 0 Å². The molecule has 26 heavy (non-hydrogen) atoms. The molecule has 144 valence electrons. The molecule has 3 rings (SSSR count). The van der Waals surface area contributed by atoms with Crippen molar-refractivity contribution in [1.82, 2.24) is 14.1 Å². The highest BCUT2D eigenvalue weighted by atomic mass is 79.9. The molecule has 2 aliphatic heterocycles. The molecule has 2 heterocycles. The molecule has 2 amide bonds. The number of sulfonamides is 1. The van der Waals surface area contributed by atoms with E-state index in [9.17, 15) is 13.2 Å². The van der Waals surface area contributed by atoms with Gasteiger partial charge in [-0.1, -0.05) is 15.9 Å². The fourth-order valence-electron chi connectivity index (χ4n) is 3.07. The first-order chi connectivity index (χ1) is 12.4. The minimum absolute atomic E-state index is 0.0506. The third-order valence-electron chi connectivity index (χ3n) is 4.53. The highest BCUT2D eigenvalue weighted by molar-refractivity contribution is 9.10. The molecule has 0 spiro atoms. The monoisotopic (exact) mass is 447 g/mol. The van der Waals surface area contributed by atoms with Gasteiger partial charge >= 0.3 is 6.03 Å². The highest BCUT2D eigenvalue weighted by Crippen LogP contribution is 2.30. The molecule has 2 aliphatic rings. The van der Waals surface area contributed by atoms with Crippen LogP contribution in [0.2, 0.25) is 0 Å². The number of carbonyl (C=O) groups excluding carboxylic acids is 1.